The Morgan fingerprint density at radius 3 is 2.61 bits per heavy atom. The molecule has 0 aliphatic carbocycles. The van der Waals surface area contributed by atoms with Gasteiger partial charge in [-0.2, -0.15) is 0 Å². The lowest BCUT2D eigenvalue weighted by molar-refractivity contribution is 0.0562. The van der Waals surface area contributed by atoms with E-state index in [1.54, 1.807) is 6.07 Å². The maximum Gasteiger partial charge on any atom is 0.376 e. The first kappa shape index (κ1) is 12.3. The first-order valence-corrected chi connectivity index (χ1v) is 5.44. The van der Waals surface area contributed by atoms with Gasteiger partial charge in [-0.15, -0.1) is 0 Å². The van der Waals surface area contributed by atoms with E-state index < -0.39 is 5.97 Å². The number of aromatic nitrogens is 2. The summed E-state index contributed by atoms with van der Waals surface area (Å²) in [5.74, 6) is -0.209. The van der Waals surface area contributed by atoms with Crippen molar-refractivity contribution >= 4 is 5.97 Å². The van der Waals surface area contributed by atoms with Crippen molar-refractivity contribution in [2.24, 2.45) is 0 Å². The number of rotatable bonds is 2. The fourth-order valence-electron chi connectivity index (χ4n) is 1.49. The highest BCUT2D eigenvalue weighted by Crippen LogP contribution is 2.29. The number of ether oxygens (including phenoxy) is 1. The first-order chi connectivity index (χ1) is 8.43. The quantitative estimate of drug-likeness (QED) is 0.761. The van der Waals surface area contributed by atoms with E-state index in [4.69, 9.17) is 8.94 Å². The summed E-state index contributed by atoms with van der Waals surface area (Å²) in [6.45, 7) is 5.80. The van der Waals surface area contributed by atoms with Crippen LogP contribution in [0.25, 0.3) is 11.6 Å². The largest absolute Gasteiger partial charge is 0.463 e. The zero-order valence-corrected chi connectivity index (χ0v) is 10.7. The van der Waals surface area contributed by atoms with Crippen molar-refractivity contribution in [3.63, 3.8) is 0 Å². The van der Waals surface area contributed by atoms with Crippen LogP contribution in [0.5, 0.6) is 0 Å². The second-order valence-corrected chi connectivity index (χ2v) is 4.82. The van der Waals surface area contributed by atoms with Gasteiger partial charge in [-0.05, 0) is 0 Å². The zero-order valence-electron chi connectivity index (χ0n) is 10.7. The molecule has 6 heteroatoms. The van der Waals surface area contributed by atoms with Crippen molar-refractivity contribution in [2.75, 3.05) is 7.11 Å². The highest BCUT2D eigenvalue weighted by Gasteiger charge is 2.30. The van der Waals surface area contributed by atoms with Gasteiger partial charge in [0.15, 0.2) is 5.69 Å². The topological polar surface area (TPSA) is 78.4 Å². The van der Waals surface area contributed by atoms with E-state index in [1.807, 2.05) is 20.8 Å². The Morgan fingerprint density at radius 2 is 2.11 bits per heavy atom. The van der Waals surface area contributed by atoms with Crippen LogP contribution in [0.1, 0.15) is 37.0 Å². The molecular formula is C12H14N2O4. The van der Waals surface area contributed by atoms with Gasteiger partial charge in [0.2, 0.25) is 11.7 Å². The lowest BCUT2D eigenvalue weighted by Gasteiger charge is -2.15. The van der Waals surface area contributed by atoms with Crippen LogP contribution in [0.15, 0.2) is 21.3 Å². The Bertz CT molecular complexity index is 549. The number of hydrogen-bond donors (Lipinski definition) is 0. The second-order valence-electron chi connectivity index (χ2n) is 4.82. The van der Waals surface area contributed by atoms with Crippen LogP contribution in [-0.2, 0) is 10.2 Å². The summed E-state index contributed by atoms with van der Waals surface area (Å²) < 4.78 is 14.8. The highest BCUT2D eigenvalue weighted by molar-refractivity contribution is 5.88. The summed E-state index contributed by atoms with van der Waals surface area (Å²) in [4.78, 5) is 16.0. The Balaban J connectivity index is 2.54. The second kappa shape index (κ2) is 4.29. The Kier molecular flexibility index (Phi) is 2.94. The van der Waals surface area contributed by atoms with Gasteiger partial charge in [-0.1, -0.05) is 25.9 Å². The van der Waals surface area contributed by atoms with Gasteiger partial charge >= 0.3 is 5.97 Å². The van der Waals surface area contributed by atoms with Crippen LogP contribution in [0.3, 0.4) is 0 Å². The molecule has 0 amide bonds. The van der Waals surface area contributed by atoms with E-state index in [9.17, 15) is 4.79 Å². The first-order valence-electron chi connectivity index (χ1n) is 5.44. The van der Waals surface area contributed by atoms with Gasteiger partial charge in [-0.3, -0.25) is 0 Å². The summed E-state index contributed by atoms with van der Waals surface area (Å²) in [6.07, 6.45) is 1.41. The predicted molar refractivity (Wildman–Crippen MR) is 62.0 cm³/mol. The molecule has 0 aliphatic heterocycles. The maximum atomic E-state index is 11.7. The summed E-state index contributed by atoms with van der Waals surface area (Å²) in [5.41, 5.74) is 0.637. The number of nitrogens with zero attached hydrogens (tertiary/aromatic N) is 2. The minimum absolute atomic E-state index is 0.100. The molecule has 0 spiro atoms. The number of carbonyl (C=O) groups is 1. The molecule has 0 saturated heterocycles. The van der Waals surface area contributed by atoms with Crippen LogP contribution in [0.4, 0.5) is 0 Å². The molecule has 0 saturated carbocycles. The van der Waals surface area contributed by atoms with Gasteiger partial charge in [0.1, 0.15) is 12.0 Å². The van der Waals surface area contributed by atoms with E-state index >= 15 is 0 Å². The van der Waals surface area contributed by atoms with Gasteiger partial charge in [0.25, 0.3) is 0 Å². The maximum absolute atomic E-state index is 11.7. The van der Waals surface area contributed by atoms with Gasteiger partial charge in [0.05, 0.1) is 7.11 Å². The fraction of sp³-hybridized carbons (Fsp3) is 0.417. The number of oxazole rings is 1. The molecule has 0 aromatic carbocycles. The lowest BCUT2D eigenvalue weighted by Crippen LogP contribution is -2.17. The monoisotopic (exact) mass is 250 g/mol. The van der Waals surface area contributed by atoms with E-state index in [2.05, 4.69) is 14.9 Å². The summed E-state index contributed by atoms with van der Waals surface area (Å²) >= 11 is 0. The minimum atomic E-state index is -0.554. The molecule has 2 aromatic rings. The third-order valence-corrected chi connectivity index (χ3v) is 2.37. The van der Waals surface area contributed by atoms with Crippen molar-refractivity contribution in [3.8, 4) is 11.6 Å². The third-order valence-electron chi connectivity index (χ3n) is 2.37. The molecule has 0 N–H and O–H groups in total. The Morgan fingerprint density at radius 1 is 1.39 bits per heavy atom. The molecule has 18 heavy (non-hydrogen) atoms. The average Bonchev–Trinajstić information content (AvgIpc) is 2.94. The van der Waals surface area contributed by atoms with E-state index in [1.165, 1.54) is 13.4 Å². The predicted octanol–water partition coefficient (Wildman–Crippen LogP) is 2.41. The van der Waals surface area contributed by atoms with E-state index in [0.29, 0.717) is 11.4 Å². The molecule has 0 bridgehead atoms. The number of esters is 1. The standard InChI is InChI=1S/C12H14N2O4/c1-12(2,3)9-8(11(15)16-4)18-10(13-9)7-5-6-17-14-7/h5-6H,1-4H3. The summed E-state index contributed by atoms with van der Waals surface area (Å²) in [5, 5.41) is 3.72. The summed E-state index contributed by atoms with van der Waals surface area (Å²) in [7, 11) is 1.30. The van der Waals surface area contributed by atoms with Crippen molar-refractivity contribution in [1.29, 1.82) is 0 Å². The Hall–Kier alpha value is -2.11. The molecule has 2 aromatic heterocycles. The molecule has 0 radical (unpaired) electrons. The van der Waals surface area contributed by atoms with Crippen LogP contribution in [0, 0.1) is 0 Å². The van der Waals surface area contributed by atoms with Crippen molar-refractivity contribution in [3.05, 3.63) is 23.8 Å². The number of carbonyl (C=O) groups excluding carboxylic acids is 1. The smallest absolute Gasteiger partial charge is 0.376 e. The molecule has 0 aliphatic rings. The van der Waals surface area contributed by atoms with Crippen LogP contribution in [0.2, 0.25) is 0 Å². The molecule has 0 fully saturated rings. The molecule has 96 valence electrons. The molecular weight excluding hydrogens is 236 g/mol. The van der Waals surface area contributed by atoms with E-state index in [-0.39, 0.29) is 17.1 Å². The number of hydrogen-bond acceptors (Lipinski definition) is 6. The van der Waals surface area contributed by atoms with Crippen LogP contribution in [-0.4, -0.2) is 23.2 Å². The molecule has 0 atom stereocenters. The fourth-order valence-corrected chi connectivity index (χ4v) is 1.49. The average molecular weight is 250 g/mol. The van der Waals surface area contributed by atoms with Gasteiger partial charge < -0.3 is 13.7 Å². The SMILES string of the molecule is COC(=O)c1oc(-c2ccon2)nc1C(C)(C)C. The number of methoxy groups -OCH3 is 1. The van der Waals surface area contributed by atoms with E-state index in [0.717, 1.165) is 0 Å². The van der Waals surface area contributed by atoms with Crippen LogP contribution >= 0.6 is 0 Å². The molecule has 2 heterocycles. The van der Waals surface area contributed by atoms with Crippen molar-refractivity contribution in [1.82, 2.24) is 10.1 Å². The third kappa shape index (κ3) is 2.13. The molecule has 2 rings (SSSR count). The molecule has 6 nitrogen and oxygen atoms in total. The zero-order chi connectivity index (χ0) is 13.3. The van der Waals surface area contributed by atoms with Crippen LogP contribution < -0.4 is 0 Å². The van der Waals surface area contributed by atoms with Crippen molar-refractivity contribution in [2.45, 2.75) is 26.2 Å². The minimum Gasteiger partial charge on any atom is -0.463 e. The van der Waals surface area contributed by atoms with Gasteiger partial charge in [0, 0.05) is 11.5 Å². The van der Waals surface area contributed by atoms with Gasteiger partial charge in [-0.25, -0.2) is 9.78 Å². The summed E-state index contributed by atoms with van der Waals surface area (Å²) in [6, 6.07) is 1.61. The molecule has 0 unspecified atom stereocenters. The highest BCUT2D eigenvalue weighted by atomic mass is 16.5. The normalized spacial score (nSPS) is 11.6. The van der Waals surface area contributed by atoms with Crippen molar-refractivity contribution < 1.29 is 18.5 Å². The lowest BCUT2D eigenvalue weighted by atomic mass is 9.91. The Labute approximate surface area is 104 Å².